The predicted molar refractivity (Wildman–Crippen MR) is 172 cm³/mol. The summed E-state index contributed by atoms with van der Waals surface area (Å²) in [5.41, 5.74) is 2.98. The first-order valence-electron chi connectivity index (χ1n) is 12.3. The predicted octanol–water partition coefficient (Wildman–Crippen LogP) is 5.91. The van der Waals surface area contributed by atoms with Crippen molar-refractivity contribution in [3.63, 3.8) is 0 Å². The van der Waals surface area contributed by atoms with Crippen molar-refractivity contribution in [2.24, 2.45) is 0 Å². The summed E-state index contributed by atoms with van der Waals surface area (Å²) < 4.78 is 43.0. The molecule has 0 bridgehead atoms. The van der Waals surface area contributed by atoms with Gasteiger partial charge in [0.1, 0.15) is 6.04 Å². The number of carbonyl (C=O) groups excluding carboxylic acids is 3. The third kappa shape index (κ3) is 8.41. The molecule has 0 unspecified atom stereocenters. The highest BCUT2D eigenvalue weighted by Gasteiger charge is 2.42. The molecule has 4 rings (SSSR count). The van der Waals surface area contributed by atoms with Crippen LogP contribution in [-0.2, 0) is 16.0 Å². The number of benzene rings is 2. The van der Waals surface area contributed by atoms with Crippen molar-refractivity contribution in [1.29, 1.82) is 5.26 Å². The zero-order valence-corrected chi connectivity index (χ0v) is 27.5. The van der Waals surface area contributed by atoms with Gasteiger partial charge < -0.3 is 15.4 Å². The van der Waals surface area contributed by atoms with Gasteiger partial charge in [0.2, 0.25) is 0 Å². The molecule has 2 amide bonds. The van der Waals surface area contributed by atoms with Gasteiger partial charge in [-0.3, -0.25) is 19.5 Å². The smallest absolute Gasteiger partial charge is 0.418 e. The molecule has 16 heteroatoms. The number of halogens is 5. The van der Waals surface area contributed by atoms with E-state index in [4.69, 9.17) is 0 Å². The molecule has 2 heterocycles. The average Bonchev–Trinajstić information content (AvgIpc) is 3.46. The van der Waals surface area contributed by atoms with E-state index in [0.717, 1.165) is 16.2 Å². The summed E-state index contributed by atoms with van der Waals surface area (Å²) in [5.74, 6) is -3.93. The largest absolute Gasteiger partial charge is 0.491 e. The lowest BCUT2D eigenvalue weighted by atomic mass is 10.0. The molecule has 0 saturated carbocycles. The maximum Gasteiger partial charge on any atom is 0.491 e. The van der Waals surface area contributed by atoms with Gasteiger partial charge in [0.25, 0.3) is 11.8 Å². The molecular weight excluding hydrogens is 827 g/mol. The highest BCUT2D eigenvalue weighted by Crippen LogP contribution is 2.32. The zero-order chi connectivity index (χ0) is 32.0. The maximum atomic E-state index is 13.2. The summed E-state index contributed by atoms with van der Waals surface area (Å²) >= 11 is 4.83. The number of rotatable bonds is 9. The second-order valence-electron chi connectivity index (χ2n) is 8.98. The number of alkyl halides is 3. The summed E-state index contributed by atoms with van der Waals surface area (Å²) in [6.07, 6.45) is -0.241. The Bertz CT molecular complexity index is 1710. The number of nitrogens with one attached hydrogen (secondary N) is 2. The molecule has 1 atom stereocenters. The van der Waals surface area contributed by atoms with Crippen LogP contribution in [0.1, 0.15) is 15.9 Å². The lowest BCUT2D eigenvalue weighted by Gasteiger charge is -2.21. The Labute approximate surface area is 279 Å². The molecule has 4 aromatic rings. The van der Waals surface area contributed by atoms with E-state index in [-0.39, 0.29) is 24.9 Å². The Balaban J connectivity index is 1.49. The Kier molecular flexibility index (Phi) is 10.7. The van der Waals surface area contributed by atoms with Crippen LogP contribution in [0, 0.1) is 18.6 Å². The summed E-state index contributed by atoms with van der Waals surface area (Å²) in [5, 5.41) is 17.6. The molecule has 2 aromatic carbocycles. The van der Waals surface area contributed by atoms with Crippen LogP contribution in [0.3, 0.4) is 0 Å². The number of nitrogens with zero attached hydrogens (tertiary/aromatic N) is 4. The molecule has 44 heavy (non-hydrogen) atoms. The Morgan fingerprint density at radius 3 is 2.32 bits per heavy atom. The molecule has 0 saturated heterocycles. The van der Waals surface area contributed by atoms with E-state index >= 15 is 0 Å². The van der Waals surface area contributed by atoms with Crippen molar-refractivity contribution >= 4 is 85.1 Å². The summed E-state index contributed by atoms with van der Waals surface area (Å²) in [4.78, 5) is 46.8. The molecule has 10 nitrogen and oxygen atoms in total. The standard InChI is InChI=1S/C28H19F3I2N6O4S/c1-39(14-34)25(41)21(12-15-10-19(32)23(20(33)11-15)43-26(42)28(29,30)31)37-24(40)17-4-2-16(3-5-17)22-13-44-27(38-22)36-18-6-8-35-9-7-18/h2-11,13,21H,12H2,1H3,(H,37,40)(H,35,36,38)/t21-/m0/s1. The van der Waals surface area contributed by atoms with Gasteiger partial charge in [-0.05, 0) is 87.1 Å². The molecule has 0 spiro atoms. The fraction of sp³-hybridized carbons (Fsp3) is 0.143. The van der Waals surface area contributed by atoms with Gasteiger partial charge in [0.15, 0.2) is 17.1 Å². The van der Waals surface area contributed by atoms with E-state index in [1.165, 1.54) is 30.5 Å². The first-order chi connectivity index (χ1) is 20.8. The Hall–Kier alpha value is -3.83. The van der Waals surface area contributed by atoms with Crippen molar-refractivity contribution in [3.05, 3.63) is 84.6 Å². The van der Waals surface area contributed by atoms with Gasteiger partial charge in [-0.2, -0.15) is 18.4 Å². The van der Waals surface area contributed by atoms with Gasteiger partial charge >= 0.3 is 12.1 Å². The van der Waals surface area contributed by atoms with Crippen molar-refractivity contribution in [2.75, 3.05) is 12.4 Å². The number of esters is 1. The van der Waals surface area contributed by atoms with Crippen molar-refractivity contribution < 1.29 is 32.3 Å². The first-order valence-corrected chi connectivity index (χ1v) is 15.4. The van der Waals surface area contributed by atoms with Gasteiger partial charge in [-0.15, -0.1) is 11.3 Å². The van der Waals surface area contributed by atoms with E-state index in [0.29, 0.717) is 16.4 Å². The van der Waals surface area contributed by atoms with Crippen LogP contribution in [0.4, 0.5) is 24.0 Å². The SMILES string of the molecule is CN(C#N)C(=O)[C@H](Cc1cc(I)c(OC(=O)C(F)(F)F)c(I)c1)NC(=O)c1ccc(-c2csc(Nc3ccncc3)n2)cc1. The monoisotopic (exact) mass is 846 g/mol. The van der Waals surface area contributed by atoms with Crippen LogP contribution in [0.2, 0.25) is 0 Å². The third-order valence-electron chi connectivity index (χ3n) is 5.89. The molecule has 2 aromatic heterocycles. The van der Waals surface area contributed by atoms with Gasteiger partial charge in [0.05, 0.1) is 12.8 Å². The van der Waals surface area contributed by atoms with E-state index in [9.17, 15) is 32.8 Å². The minimum atomic E-state index is -5.17. The molecule has 0 aliphatic rings. The Morgan fingerprint density at radius 2 is 1.73 bits per heavy atom. The summed E-state index contributed by atoms with van der Waals surface area (Å²) in [6, 6.07) is 11.9. The van der Waals surface area contributed by atoms with Crippen molar-refractivity contribution in [2.45, 2.75) is 18.6 Å². The van der Waals surface area contributed by atoms with Crippen molar-refractivity contribution in [3.8, 4) is 23.2 Å². The minimum Gasteiger partial charge on any atom is -0.418 e. The van der Waals surface area contributed by atoms with E-state index in [1.807, 2.05) is 17.5 Å². The van der Waals surface area contributed by atoms with Gasteiger partial charge in [-0.25, -0.2) is 9.78 Å². The first kappa shape index (κ1) is 33.1. The number of nitriles is 1. The topological polar surface area (TPSA) is 137 Å². The number of hydrogen-bond donors (Lipinski definition) is 2. The number of thiazole rings is 1. The number of amides is 2. The van der Waals surface area contributed by atoms with Gasteiger partial charge in [-0.1, -0.05) is 12.1 Å². The number of aromatic nitrogens is 2. The number of ether oxygens (including phenoxy) is 1. The number of likely N-dealkylation sites (N-methyl/N-ethyl adjacent to an activating group) is 1. The molecule has 0 aliphatic heterocycles. The average molecular weight is 846 g/mol. The molecule has 2 N–H and O–H groups in total. The minimum absolute atomic E-state index is 0.0970. The van der Waals surface area contributed by atoms with Crippen molar-refractivity contribution in [1.82, 2.24) is 20.2 Å². The second kappa shape index (κ2) is 14.3. The quantitative estimate of drug-likeness (QED) is 0.0699. The number of pyridine rings is 1. The maximum absolute atomic E-state index is 13.2. The molecule has 0 aliphatic carbocycles. The lowest BCUT2D eigenvalue weighted by molar-refractivity contribution is -0.189. The summed E-state index contributed by atoms with van der Waals surface area (Å²) in [7, 11) is 1.25. The van der Waals surface area contributed by atoms with Crippen LogP contribution in [-0.4, -0.2) is 51.9 Å². The molecule has 0 fully saturated rings. The normalized spacial score (nSPS) is 11.7. The molecule has 0 radical (unpaired) electrons. The summed E-state index contributed by atoms with van der Waals surface area (Å²) in [6.45, 7) is 0. The van der Waals surface area contributed by atoms with E-state index < -0.39 is 30.0 Å². The lowest BCUT2D eigenvalue weighted by Crippen LogP contribution is -2.47. The van der Waals surface area contributed by atoms with E-state index in [2.05, 4.69) is 25.3 Å². The number of carbonyl (C=O) groups is 3. The highest BCUT2D eigenvalue weighted by atomic mass is 127. The Morgan fingerprint density at radius 1 is 1.09 bits per heavy atom. The van der Waals surface area contributed by atoms with Crippen LogP contribution in [0.25, 0.3) is 11.3 Å². The third-order valence-corrected chi connectivity index (χ3v) is 8.25. The van der Waals surface area contributed by atoms with Crippen LogP contribution >= 0.6 is 56.5 Å². The fourth-order valence-corrected chi connectivity index (χ4v) is 6.61. The highest BCUT2D eigenvalue weighted by molar-refractivity contribution is 14.1. The second-order valence-corrected chi connectivity index (χ2v) is 12.2. The van der Waals surface area contributed by atoms with Gasteiger partial charge in [0, 0.05) is 48.1 Å². The fourth-order valence-electron chi connectivity index (χ4n) is 3.75. The van der Waals surface area contributed by atoms with Crippen LogP contribution in [0.15, 0.2) is 66.3 Å². The molecule has 226 valence electrons. The number of hydrogen-bond acceptors (Lipinski definition) is 9. The molecular formula is C28H19F3I2N6O4S. The van der Waals surface area contributed by atoms with Crippen LogP contribution in [0.5, 0.6) is 5.75 Å². The number of anilines is 2. The zero-order valence-electron chi connectivity index (χ0n) is 22.4. The van der Waals surface area contributed by atoms with Crippen LogP contribution < -0.4 is 15.4 Å². The van der Waals surface area contributed by atoms with E-state index in [1.54, 1.807) is 88.0 Å².